The van der Waals surface area contributed by atoms with Gasteiger partial charge in [-0.25, -0.2) is 9.97 Å². The molecule has 114 valence electrons. The fraction of sp³-hybridized carbons (Fsp3) is 0. The van der Waals surface area contributed by atoms with Crippen molar-refractivity contribution in [2.45, 2.75) is 0 Å². The molecular weight excluding hydrogens is 374 g/mol. The highest BCUT2D eigenvalue weighted by Gasteiger charge is 2.12. The Hall–Kier alpha value is -1.60. The Labute approximate surface area is 144 Å². The molecule has 2 amide bonds. The van der Waals surface area contributed by atoms with Crippen LogP contribution in [0.25, 0.3) is 0 Å². The molecule has 0 aromatic carbocycles. The maximum Gasteiger partial charge on any atom is 0.269 e. The summed E-state index contributed by atoms with van der Waals surface area (Å²) in [4.78, 5) is 31.2. The summed E-state index contributed by atoms with van der Waals surface area (Å²) in [5, 5.41) is 0.210. The van der Waals surface area contributed by atoms with Gasteiger partial charge in [-0.3, -0.25) is 20.4 Å². The van der Waals surface area contributed by atoms with Gasteiger partial charge >= 0.3 is 0 Å². The van der Waals surface area contributed by atoms with Crippen molar-refractivity contribution in [3.05, 3.63) is 56.0 Å². The number of nitrogens with one attached hydrogen (secondary N) is 2. The Bertz CT molecular complexity index is 650. The third-order valence-electron chi connectivity index (χ3n) is 2.34. The molecule has 0 fully saturated rings. The average molecular weight is 380 g/mol. The van der Waals surface area contributed by atoms with Crippen LogP contribution in [-0.4, -0.2) is 21.8 Å². The Morgan fingerprint density at radius 2 is 0.955 bits per heavy atom. The molecule has 10 heteroatoms. The molecule has 0 saturated carbocycles. The van der Waals surface area contributed by atoms with Crippen LogP contribution in [0.4, 0.5) is 0 Å². The molecule has 6 nitrogen and oxygen atoms in total. The molecule has 0 bridgehead atoms. The quantitative estimate of drug-likeness (QED) is 0.620. The first-order chi connectivity index (χ1) is 10.3. The molecule has 2 aromatic rings. The minimum Gasteiger partial charge on any atom is -0.267 e. The fourth-order valence-electron chi connectivity index (χ4n) is 1.45. The van der Waals surface area contributed by atoms with E-state index in [4.69, 9.17) is 46.4 Å². The van der Waals surface area contributed by atoms with E-state index < -0.39 is 11.8 Å². The molecule has 0 aliphatic rings. The lowest BCUT2D eigenvalue weighted by Gasteiger charge is -2.08. The highest BCUT2D eigenvalue weighted by atomic mass is 35.5. The monoisotopic (exact) mass is 378 g/mol. The summed E-state index contributed by atoms with van der Waals surface area (Å²) in [6, 6.07) is 5.20. The summed E-state index contributed by atoms with van der Waals surface area (Å²) in [6.07, 6.45) is 0. The minimum absolute atomic E-state index is 0.0525. The number of carbonyl (C=O) groups excluding carboxylic acids is 2. The molecule has 0 unspecified atom stereocenters. The zero-order chi connectivity index (χ0) is 16.3. The van der Waals surface area contributed by atoms with Crippen molar-refractivity contribution in [1.82, 2.24) is 20.8 Å². The van der Waals surface area contributed by atoms with Gasteiger partial charge < -0.3 is 0 Å². The zero-order valence-electron chi connectivity index (χ0n) is 10.5. The lowest BCUT2D eigenvalue weighted by atomic mass is 10.2. The third kappa shape index (κ3) is 4.45. The molecule has 2 rings (SSSR count). The Morgan fingerprint density at radius 3 is 1.23 bits per heavy atom. The van der Waals surface area contributed by atoms with E-state index in [9.17, 15) is 9.59 Å². The Kier molecular flexibility index (Phi) is 5.42. The number of nitrogens with zero attached hydrogens (tertiary/aromatic N) is 2. The molecule has 22 heavy (non-hydrogen) atoms. The number of pyridine rings is 2. The topological polar surface area (TPSA) is 84.0 Å². The molecule has 2 aromatic heterocycles. The Morgan fingerprint density at radius 1 is 0.682 bits per heavy atom. The zero-order valence-corrected chi connectivity index (χ0v) is 13.6. The third-order valence-corrected chi connectivity index (χ3v) is 3.11. The highest BCUT2D eigenvalue weighted by molar-refractivity contribution is 6.33. The van der Waals surface area contributed by atoms with Crippen molar-refractivity contribution < 1.29 is 9.59 Å². The normalized spacial score (nSPS) is 10.2. The summed E-state index contributed by atoms with van der Waals surface area (Å²) >= 11 is 22.8. The second kappa shape index (κ2) is 7.11. The van der Waals surface area contributed by atoms with Crippen LogP contribution < -0.4 is 10.9 Å². The molecule has 0 saturated heterocycles. The predicted octanol–water partition coefficient (Wildman–Crippen LogP) is 3.17. The van der Waals surface area contributed by atoms with Gasteiger partial charge in [-0.05, 0) is 24.3 Å². The maximum absolute atomic E-state index is 11.9. The molecule has 0 spiro atoms. The summed E-state index contributed by atoms with van der Waals surface area (Å²) in [5.41, 5.74) is 4.67. The molecular formula is C12H6Cl4N4O2. The van der Waals surface area contributed by atoms with Crippen LogP contribution in [0.5, 0.6) is 0 Å². The number of aromatic nitrogens is 2. The van der Waals surface area contributed by atoms with Gasteiger partial charge in [0.1, 0.15) is 20.6 Å². The van der Waals surface area contributed by atoms with Crippen molar-refractivity contribution >= 4 is 58.2 Å². The van der Waals surface area contributed by atoms with E-state index in [2.05, 4.69) is 20.8 Å². The molecule has 0 atom stereocenters. The van der Waals surface area contributed by atoms with Gasteiger partial charge in [0.05, 0.1) is 0 Å². The van der Waals surface area contributed by atoms with E-state index in [0.717, 1.165) is 0 Å². The van der Waals surface area contributed by atoms with Crippen molar-refractivity contribution in [2.75, 3.05) is 0 Å². The van der Waals surface area contributed by atoms with E-state index in [1.54, 1.807) is 0 Å². The van der Waals surface area contributed by atoms with Gasteiger partial charge in [0, 0.05) is 11.1 Å². The number of amides is 2. The number of hydrazine groups is 1. The van der Waals surface area contributed by atoms with Gasteiger partial charge in [0.25, 0.3) is 11.8 Å². The van der Waals surface area contributed by atoms with Crippen molar-refractivity contribution in [3.8, 4) is 0 Å². The van der Waals surface area contributed by atoms with Crippen LogP contribution in [0.15, 0.2) is 24.3 Å². The molecule has 2 heterocycles. The van der Waals surface area contributed by atoms with Crippen LogP contribution in [0.3, 0.4) is 0 Å². The summed E-state index contributed by atoms with van der Waals surface area (Å²) in [6.45, 7) is 0. The van der Waals surface area contributed by atoms with Crippen molar-refractivity contribution in [2.24, 2.45) is 0 Å². The summed E-state index contributed by atoms with van der Waals surface area (Å²) in [7, 11) is 0. The maximum atomic E-state index is 11.9. The number of halogens is 4. The number of rotatable bonds is 2. The van der Waals surface area contributed by atoms with Crippen LogP contribution in [0, 0.1) is 0 Å². The van der Waals surface area contributed by atoms with E-state index >= 15 is 0 Å². The van der Waals surface area contributed by atoms with Crippen molar-refractivity contribution in [1.29, 1.82) is 0 Å². The second-order valence-corrected chi connectivity index (χ2v) is 5.46. The summed E-state index contributed by atoms with van der Waals surface area (Å²) < 4.78 is 0. The number of hydrogen-bond acceptors (Lipinski definition) is 4. The smallest absolute Gasteiger partial charge is 0.267 e. The van der Waals surface area contributed by atoms with E-state index in [1.165, 1.54) is 24.3 Å². The van der Waals surface area contributed by atoms with E-state index in [1.807, 2.05) is 0 Å². The predicted molar refractivity (Wildman–Crippen MR) is 83.4 cm³/mol. The number of carbonyl (C=O) groups is 2. The van der Waals surface area contributed by atoms with Gasteiger partial charge in [0.2, 0.25) is 0 Å². The molecule has 0 aliphatic heterocycles. The van der Waals surface area contributed by atoms with E-state index in [-0.39, 0.29) is 31.7 Å². The van der Waals surface area contributed by atoms with Crippen LogP contribution >= 0.6 is 46.4 Å². The van der Waals surface area contributed by atoms with Gasteiger partial charge in [-0.1, -0.05) is 46.4 Å². The average Bonchev–Trinajstić information content (AvgIpc) is 2.42. The first-order valence-corrected chi connectivity index (χ1v) is 7.13. The summed E-state index contributed by atoms with van der Waals surface area (Å²) in [5.74, 6) is -1.24. The minimum atomic E-state index is -0.620. The lowest BCUT2D eigenvalue weighted by molar-refractivity contribution is 0.0846. The standard InChI is InChI=1S/C12H6Cl4N4O2/c13-7-1-5(2-8(14)17-7)11(21)19-20-12(22)6-3-9(15)18-10(16)4-6/h1-4H,(H,19,21)(H,20,22). The molecule has 2 N–H and O–H groups in total. The van der Waals surface area contributed by atoms with E-state index in [0.29, 0.717) is 0 Å². The first kappa shape index (κ1) is 16.8. The lowest BCUT2D eigenvalue weighted by Crippen LogP contribution is -2.41. The number of hydrogen-bond donors (Lipinski definition) is 2. The molecule has 0 radical (unpaired) electrons. The van der Waals surface area contributed by atoms with Crippen molar-refractivity contribution in [3.63, 3.8) is 0 Å². The van der Waals surface area contributed by atoms with Gasteiger partial charge in [-0.2, -0.15) is 0 Å². The Balaban J connectivity index is 2.05. The molecule has 0 aliphatic carbocycles. The van der Waals surface area contributed by atoms with Gasteiger partial charge in [0.15, 0.2) is 0 Å². The van der Waals surface area contributed by atoms with Crippen LogP contribution in [0.1, 0.15) is 20.7 Å². The fourth-order valence-corrected chi connectivity index (χ4v) is 2.37. The highest BCUT2D eigenvalue weighted by Crippen LogP contribution is 2.15. The van der Waals surface area contributed by atoms with Crippen LogP contribution in [-0.2, 0) is 0 Å². The first-order valence-electron chi connectivity index (χ1n) is 5.62. The SMILES string of the molecule is O=C(NNC(=O)c1cc(Cl)nc(Cl)c1)c1cc(Cl)nc(Cl)c1. The second-order valence-electron chi connectivity index (χ2n) is 3.91. The van der Waals surface area contributed by atoms with Gasteiger partial charge in [-0.15, -0.1) is 0 Å². The largest absolute Gasteiger partial charge is 0.269 e. The van der Waals surface area contributed by atoms with Crippen LogP contribution in [0.2, 0.25) is 20.6 Å².